The van der Waals surface area contributed by atoms with Crippen molar-refractivity contribution in [3.8, 4) is 28.7 Å². The summed E-state index contributed by atoms with van der Waals surface area (Å²) in [6.45, 7) is 0. The molecule has 0 saturated heterocycles. The quantitative estimate of drug-likeness (QED) is 0.102. The Hall–Kier alpha value is -5.36. The maximum Gasteiger partial charge on any atom is 0.141 e. The van der Waals surface area contributed by atoms with Crippen LogP contribution >= 0.6 is 0 Å². The largest absolute Gasteiger partial charge is 0.508 e. The monoisotopic (exact) mass is 572 g/mol. The SMILES string of the molecule is Oc1ccc(O)cc1.Oc1cccc2cccnc12.Oc1cccc2cccnc12.Oc1cccc2cccnc12.[Al]. The first kappa shape index (κ1) is 31.2. The zero-order valence-corrected chi connectivity index (χ0v) is 23.5. The molecule has 0 fully saturated rings. The molecule has 3 radical (unpaired) electrons. The van der Waals surface area contributed by atoms with Gasteiger partial charge in [0.2, 0.25) is 0 Å². The number of aromatic hydroxyl groups is 5. The van der Waals surface area contributed by atoms with Crippen molar-refractivity contribution in [2.75, 3.05) is 0 Å². The van der Waals surface area contributed by atoms with Crippen LogP contribution in [-0.4, -0.2) is 57.8 Å². The molecule has 7 aromatic rings. The van der Waals surface area contributed by atoms with Gasteiger partial charge in [-0.25, -0.2) is 0 Å². The molecule has 0 amide bonds. The number of para-hydroxylation sites is 3. The molecule has 0 aliphatic heterocycles. The molecule has 0 unspecified atom stereocenters. The van der Waals surface area contributed by atoms with Gasteiger partial charge in [-0.2, -0.15) is 0 Å². The van der Waals surface area contributed by atoms with Crippen molar-refractivity contribution in [2.45, 2.75) is 0 Å². The Bertz CT molecular complexity index is 1650. The highest BCUT2D eigenvalue weighted by Crippen LogP contribution is 2.22. The molecule has 0 saturated carbocycles. The van der Waals surface area contributed by atoms with Gasteiger partial charge in [-0.1, -0.05) is 54.6 Å². The molecule has 207 valence electrons. The van der Waals surface area contributed by atoms with E-state index in [0.717, 1.165) is 16.2 Å². The molecule has 7 rings (SSSR count). The lowest BCUT2D eigenvalue weighted by molar-refractivity contribution is 0.460. The maximum atomic E-state index is 9.31. The first-order valence-electron chi connectivity index (χ1n) is 12.5. The summed E-state index contributed by atoms with van der Waals surface area (Å²) in [5.74, 6) is 1.06. The zero-order chi connectivity index (χ0) is 29.0. The molecule has 0 atom stereocenters. The first-order valence-corrected chi connectivity index (χ1v) is 12.5. The number of benzene rings is 4. The van der Waals surface area contributed by atoms with Crippen molar-refractivity contribution in [1.82, 2.24) is 15.0 Å². The third kappa shape index (κ3) is 8.57. The second kappa shape index (κ2) is 15.4. The Balaban J connectivity index is 0.000000154. The van der Waals surface area contributed by atoms with E-state index in [2.05, 4.69) is 15.0 Å². The number of hydrogen-bond donors (Lipinski definition) is 5. The van der Waals surface area contributed by atoms with Crippen LogP contribution in [0, 0.1) is 0 Å². The molecule has 0 aliphatic rings. The van der Waals surface area contributed by atoms with Gasteiger partial charge in [0.15, 0.2) is 0 Å². The number of phenols is 5. The van der Waals surface area contributed by atoms with Gasteiger partial charge in [-0.15, -0.1) is 0 Å². The third-order valence-corrected chi connectivity index (χ3v) is 5.68. The zero-order valence-electron chi connectivity index (χ0n) is 22.4. The third-order valence-electron chi connectivity index (χ3n) is 5.68. The number of pyridine rings is 3. The van der Waals surface area contributed by atoms with Crippen LogP contribution in [0.2, 0.25) is 0 Å². The predicted octanol–water partition coefficient (Wildman–Crippen LogP) is 6.54. The molecule has 3 heterocycles. The molecular weight excluding hydrogens is 545 g/mol. The molecule has 9 heteroatoms. The minimum absolute atomic E-state index is 0. The Morgan fingerprint density at radius 3 is 0.857 bits per heavy atom. The van der Waals surface area contributed by atoms with Crippen LogP contribution in [0.15, 0.2) is 134 Å². The normalized spacial score (nSPS) is 9.71. The summed E-state index contributed by atoms with van der Waals surface area (Å²) in [6.07, 6.45) is 5.01. The minimum atomic E-state index is 0. The summed E-state index contributed by atoms with van der Waals surface area (Å²) in [7, 11) is 0. The lowest BCUT2D eigenvalue weighted by atomic mass is 10.2. The van der Waals surface area contributed by atoms with Crippen LogP contribution in [0.25, 0.3) is 32.7 Å². The summed E-state index contributed by atoms with van der Waals surface area (Å²) in [6, 6.07) is 33.1. The van der Waals surface area contributed by atoms with Crippen molar-refractivity contribution < 1.29 is 25.5 Å². The van der Waals surface area contributed by atoms with E-state index in [1.54, 1.807) is 55.0 Å². The van der Waals surface area contributed by atoms with Crippen LogP contribution in [0.3, 0.4) is 0 Å². The molecule has 0 spiro atoms. The molecule has 8 nitrogen and oxygen atoms in total. The average Bonchev–Trinajstić information content (AvgIpc) is 3.01. The van der Waals surface area contributed by atoms with E-state index in [4.69, 9.17) is 10.2 Å². The average molecular weight is 573 g/mol. The summed E-state index contributed by atoms with van der Waals surface area (Å²) < 4.78 is 0. The van der Waals surface area contributed by atoms with Gasteiger partial charge < -0.3 is 25.5 Å². The lowest BCUT2D eigenvalue weighted by Gasteiger charge is -1.96. The van der Waals surface area contributed by atoms with Gasteiger partial charge in [0.05, 0.1) is 0 Å². The number of phenolic OH excluding ortho intramolecular Hbond substituents is 5. The number of fused-ring (bicyclic) bond motifs is 3. The van der Waals surface area contributed by atoms with Crippen molar-refractivity contribution in [3.63, 3.8) is 0 Å². The number of aromatic nitrogens is 3. The molecular formula is C33H27AlN3O5. The topological polar surface area (TPSA) is 140 Å². The summed E-state index contributed by atoms with van der Waals surface area (Å²) in [4.78, 5) is 12.1. The molecule has 42 heavy (non-hydrogen) atoms. The van der Waals surface area contributed by atoms with Crippen LogP contribution in [0.5, 0.6) is 28.7 Å². The smallest absolute Gasteiger partial charge is 0.141 e. The molecule has 0 aliphatic carbocycles. The molecule has 4 aromatic carbocycles. The fraction of sp³-hybridized carbons (Fsp3) is 0. The van der Waals surface area contributed by atoms with E-state index in [1.807, 2.05) is 54.6 Å². The molecule has 5 N–H and O–H groups in total. The fourth-order valence-electron chi connectivity index (χ4n) is 3.72. The highest BCUT2D eigenvalue weighted by Gasteiger charge is 1.98. The fourth-order valence-corrected chi connectivity index (χ4v) is 3.72. The van der Waals surface area contributed by atoms with Gasteiger partial charge >= 0.3 is 0 Å². The van der Waals surface area contributed by atoms with Gasteiger partial charge in [0.1, 0.15) is 45.3 Å². The minimum Gasteiger partial charge on any atom is -0.508 e. The second-order valence-corrected chi connectivity index (χ2v) is 8.57. The summed E-state index contributed by atoms with van der Waals surface area (Å²) in [5.41, 5.74) is 1.99. The Morgan fingerprint density at radius 1 is 0.333 bits per heavy atom. The van der Waals surface area contributed by atoms with Crippen LogP contribution < -0.4 is 0 Å². The maximum absolute atomic E-state index is 9.31. The molecule has 3 aromatic heterocycles. The Morgan fingerprint density at radius 2 is 0.595 bits per heavy atom. The highest BCUT2D eigenvalue weighted by molar-refractivity contribution is 5.85. The van der Waals surface area contributed by atoms with E-state index in [9.17, 15) is 15.3 Å². The van der Waals surface area contributed by atoms with E-state index >= 15 is 0 Å². The van der Waals surface area contributed by atoms with Gasteiger partial charge in [-0.05, 0) is 60.7 Å². The Labute approximate surface area is 252 Å². The number of rotatable bonds is 0. The van der Waals surface area contributed by atoms with Crippen LogP contribution in [-0.2, 0) is 0 Å². The second-order valence-electron chi connectivity index (χ2n) is 8.57. The van der Waals surface area contributed by atoms with Crippen molar-refractivity contribution in [1.29, 1.82) is 0 Å². The van der Waals surface area contributed by atoms with Gasteiger partial charge in [-0.3, -0.25) is 15.0 Å². The van der Waals surface area contributed by atoms with E-state index < -0.39 is 0 Å². The number of hydrogen-bond acceptors (Lipinski definition) is 8. The summed E-state index contributed by atoms with van der Waals surface area (Å²) >= 11 is 0. The van der Waals surface area contributed by atoms with Crippen LogP contribution in [0.1, 0.15) is 0 Å². The highest BCUT2D eigenvalue weighted by atomic mass is 27.0. The van der Waals surface area contributed by atoms with Crippen LogP contribution in [0.4, 0.5) is 0 Å². The van der Waals surface area contributed by atoms with Crippen molar-refractivity contribution in [2.24, 2.45) is 0 Å². The van der Waals surface area contributed by atoms with Gasteiger partial charge in [0.25, 0.3) is 0 Å². The van der Waals surface area contributed by atoms with E-state index in [-0.39, 0.29) is 46.1 Å². The number of nitrogens with zero attached hydrogens (tertiary/aromatic N) is 3. The standard InChI is InChI=1S/3C9H7NO.C6H6O2.Al/c3*11-8-5-1-3-7-4-2-6-10-9(7)8;7-5-1-2-6(8)4-3-5;/h3*1-6,11H;1-4,7-8H;. The first-order chi connectivity index (χ1) is 19.9. The Kier molecular flexibility index (Phi) is 11.5. The lowest BCUT2D eigenvalue weighted by Crippen LogP contribution is -1.76. The van der Waals surface area contributed by atoms with Crippen molar-refractivity contribution in [3.05, 3.63) is 134 Å². The summed E-state index contributed by atoms with van der Waals surface area (Å²) in [5, 5.41) is 48.1. The van der Waals surface area contributed by atoms with Gasteiger partial charge in [0, 0.05) is 52.1 Å². The van der Waals surface area contributed by atoms with E-state index in [1.165, 1.54) is 24.3 Å². The molecule has 0 bridgehead atoms. The predicted molar refractivity (Wildman–Crippen MR) is 166 cm³/mol. The van der Waals surface area contributed by atoms with E-state index in [0.29, 0.717) is 16.6 Å². The van der Waals surface area contributed by atoms with Crippen molar-refractivity contribution >= 4 is 50.1 Å².